The molecular formula is C18H28O3. The Bertz CT molecular complexity index is 446. The maximum atomic E-state index is 12.3. The molecule has 0 saturated heterocycles. The van der Waals surface area contributed by atoms with Crippen LogP contribution in [0.5, 0.6) is 0 Å². The average Bonchev–Trinajstić information content (AvgIpc) is 2.77. The molecule has 0 heterocycles. The molecular weight excluding hydrogens is 264 g/mol. The van der Waals surface area contributed by atoms with E-state index in [0.717, 1.165) is 25.7 Å². The van der Waals surface area contributed by atoms with Gasteiger partial charge in [-0.25, -0.2) is 0 Å². The van der Waals surface area contributed by atoms with Gasteiger partial charge in [-0.3, -0.25) is 9.59 Å². The summed E-state index contributed by atoms with van der Waals surface area (Å²) in [7, 11) is 0. The summed E-state index contributed by atoms with van der Waals surface area (Å²) in [5.41, 5.74) is 0.0188. The highest BCUT2D eigenvalue weighted by atomic mass is 16.5. The summed E-state index contributed by atoms with van der Waals surface area (Å²) in [5, 5.41) is 0. The van der Waals surface area contributed by atoms with Crippen molar-refractivity contribution in [3.05, 3.63) is 0 Å². The predicted octanol–water partition coefficient (Wildman–Crippen LogP) is 3.61. The van der Waals surface area contributed by atoms with Gasteiger partial charge in [-0.15, -0.1) is 0 Å². The van der Waals surface area contributed by atoms with Crippen molar-refractivity contribution in [3.8, 4) is 0 Å². The fourth-order valence-electron chi connectivity index (χ4n) is 5.88. The minimum absolute atomic E-state index is 0.0613. The van der Waals surface area contributed by atoms with E-state index in [9.17, 15) is 9.59 Å². The van der Waals surface area contributed by atoms with Crippen LogP contribution in [0, 0.1) is 34.5 Å². The molecule has 3 fully saturated rings. The summed E-state index contributed by atoms with van der Waals surface area (Å²) in [6.07, 6.45) is 6.45. The molecule has 118 valence electrons. The molecule has 0 spiro atoms. The first kappa shape index (κ1) is 15.1. The molecule has 3 rings (SSSR count). The smallest absolute Gasteiger partial charge is 0.293 e. The zero-order valence-corrected chi connectivity index (χ0v) is 13.6. The fraction of sp³-hybridized carbons (Fsp3) is 0.889. The van der Waals surface area contributed by atoms with Crippen molar-refractivity contribution in [2.75, 3.05) is 6.61 Å². The van der Waals surface area contributed by atoms with E-state index < -0.39 is 0 Å². The van der Waals surface area contributed by atoms with Crippen LogP contribution in [0.4, 0.5) is 0 Å². The van der Waals surface area contributed by atoms with Crippen LogP contribution >= 0.6 is 0 Å². The normalized spacial score (nSPS) is 49.4. The van der Waals surface area contributed by atoms with Crippen molar-refractivity contribution < 1.29 is 14.3 Å². The lowest BCUT2D eigenvalue weighted by Crippen LogP contribution is -2.53. The van der Waals surface area contributed by atoms with Crippen LogP contribution in [0.1, 0.15) is 59.3 Å². The van der Waals surface area contributed by atoms with E-state index in [1.807, 2.05) is 0 Å². The standard InChI is InChI=1S/C18H28O3/c1-12-4-5-13-14-6-7-16(20)17(14,2)9-8-15(13)18(12,3)10-21-11-19/h11-15H,4-10H2,1-3H3/t12?,13?,14?,15?,17-,18-/m0/s1. The minimum Gasteiger partial charge on any atom is -0.467 e. The summed E-state index contributed by atoms with van der Waals surface area (Å²) >= 11 is 0. The van der Waals surface area contributed by atoms with E-state index in [1.165, 1.54) is 12.8 Å². The van der Waals surface area contributed by atoms with E-state index in [0.29, 0.717) is 42.5 Å². The van der Waals surface area contributed by atoms with Crippen LogP contribution in [-0.4, -0.2) is 18.9 Å². The molecule has 4 unspecified atom stereocenters. The van der Waals surface area contributed by atoms with Crippen molar-refractivity contribution in [2.45, 2.75) is 59.3 Å². The van der Waals surface area contributed by atoms with E-state index in [-0.39, 0.29) is 10.8 Å². The van der Waals surface area contributed by atoms with Gasteiger partial charge < -0.3 is 4.74 Å². The number of carbonyl (C=O) groups excluding carboxylic acids is 2. The number of fused-ring (bicyclic) bond motifs is 3. The van der Waals surface area contributed by atoms with E-state index in [4.69, 9.17) is 4.74 Å². The molecule has 3 aliphatic carbocycles. The van der Waals surface area contributed by atoms with Gasteiger partial charge >= 0.3 is 0 Å². The van der Waals surface area contributed by atoms with Crippen LogP contribution in [0.25, 0.3) is 0 Å². The minimum atomic E-state index is -0.0613. The second-order valence-corrected chi connectivity index (χ2v) is 8.19. The van der Waals surface area contributed by atoms with Crippen molar-refractivity contribution in [1.82, 2.24) is 0 Å². The quantitative estimate of drug-likeness (QED) is 0.746. The van der Waals surface area contributed by atoms with E-state index in [1.54, 1.807) is 0 Å². The maximum Gasteiger partial charge on any atom is 0.293 e. The number of Topliss-reactive ketones (excluding diaryl/α,β-unsaturated/α-hetero) is 1. The lowest BCUT2D eigenvalue weighted by molar-refractivity contribution is -0.148. The highest BCUT2D eigenvalue weighted by Crippen LogP contribution is 2.62. The van der Waals surface area contributed by atoms with E-state index >= 15 is 0 Å². The van der Waals surface area contributed by atoms with Crippen LogP contribution in [0.2, 0.25) is 0 Å². The Balaban J connectivity index is 1.88. The van der Waals surface area contributed by atoms with Crippen LogP contribution < -0.4 is 0 Å². The first-order valence-electron chi connectivity index (χ1n) is 8.52. The molecule has 0 radical (unpaired) electrons. The Morgan fingerprint density at radius 2 is 1.95 bits per heavy atom. The molecule has 3 nitrogen and oxygen atoms in total. The molecule has 0 N–H and O–H groups in total. The van der Waals surface area contributed by atoms with Gasteiger partial charge in [0.25, 0.3) is 6.47 Å². The average molecular weight is 292 g/mol. The molecule has 3 heteroatoms. The summed E-state index contributed by atoms with van der Waals surface area (Å²) in [5.74, 6) is 2.89. The molecule has 0 aromatic rings. The molecule has 3 aliphatic rings. The number of ether oxygens (including phenoxy) is 1. The highest BCUT2D eigenvalue weighted by Gasteiger charge is 2.59. The molecule has 3 saturated carbocycles. The molecule has 0 aromatic heterocycles. The summed E-state index contributed by atoms with van der Waals surface area (Å²) in [4.78, 5) is 23.0. The van der Waals surface area contributed by atoms with Crippen molar-refractivity contribution in [2.24, 2.45) is 34.5 Å². The number of hydrogen-bond donors (Lipinski definition) is 0. The first-order valence-corrected chi connectivity index (χ1v) is 8.52. The van der Waals surface area contributed by atoms with Gasteiger partial charge in [-0.1, -0.05) is 20.8 Å². The molecule has 21 heavy (non-hydrogen) atoms. The Morgan fingerprint density at radius 1 is 1.19 bits per heavy atom. The largest absolute Gasteiger partial charge is 0.467 e. The number of rotatable bonds is 3. The van der Waals surface area contributed by atoms with Gasteiger partial charge in [0.15, 0.2) is 0 Å². The van der Waals surface area contributed by atoms with Crippen LogP contribution in [-0.2, 0) is 14.3 Å². The third-order valence-electron chi connectivity index (χ3n) is 7.51. The van der Waals surface area contributed by atoms with Crippen molar-refractivity contribution in [1.29, 1.82) is 0 Å². The molecule has 0 amide bonds. The summed E-state index contributed by atoms with van der Waals surface area (Å²) in [6.45, 7) is 7.94. The molecule has 0 bridgehead atoms. The molecule has 0 aromatic carbocycles. The Hall–Kier alpha value is -0.860. The predicted molar refractivity (Wildman–Crippen MR) is 80.6 cm³/mol. The van der Waals surface area contributed by atoms with Crippen LogP contribution in [0.3, 0.4) is 0 Å². The van der Waals surface area contributed by atoms with Crippen molar-refractivity contribution in [3.63, 3.8) is 0 Å². The van der Waals surface area contributed by atoms with Gasteiger partial charge in [0.05, 0.1) is 6.61 Å². The number of carbonyl (C=O) groups is 2. The second-order valence-electron chi connectivity index (χ2n) is 8.19. The van der Waals surface area contributed by atoms with Gasteiger partial charge in [-0.05, 0) is 55.8 Å². The molecule has 0 aliphatic heterocycles. The highest BCUT2D eigenvalue weighted by molar-refractivity contribution is 5.87. The maximum absolute atomic E-state index is 12.3. The zero-order chi connectivity index (χ0) is 15.3. The SMILES string of the molecule is CC1CCC2C(CC[C@]3(C)C(=O)CCC23)[C@@]1(C)COC=O. The third kappa shape index (κ3) is 2.07. The number of hydrogen-bond acceptors (Lipinski definition) is 3. The summed E-state index contributed by atoms with van der Waals surface area (Å²) < 4.78 is 5.21. The van der Waals surface area contributed by atoms with Gasteiger partial charge in [0.1, 0.15) is 5.78 Å². The van der Waals surface area contributed by atoms with Gasteiger partial charge in [-0.2, -0.15) is 0 Å². The Labute approximate surface area is 127 Å². The monoisotopic (exact) mass is 292 g/mol. The third-order valence-corrected chi connectivity index (χ3v) is 7.51. The van der Waals surface area contributed by atoms with Crippen molar-refractivity contribution >= 4 is 12.3 Å². The van der Waals surface area contributed by atoms with Gasteiger partial charge in [0, 0.05) is 17.3 Å². The summed E-state index contributed by atoms with van der Waals surface area (Å²) in [6, 6.07) is 0. The number of ketones is 1. The lowest BCUT2D eigenvalue weighted by Gasteiger charge is -2.56. The topological polar surface area (TPSA) is 43.4 Å². The Morgan fingerprint density at radius 3 is 2.67 bits per heavy atom. The van der Waals surface area contributed by atoms with E-state index in [2.05, 4.69) is 20.8 Å². The molecule has 6 atom stereocenters. The zero-order valence-electron chi connectivity index (χ0n) is 13.6. The fourth-order valence-corrected chi connectivity index (χ4v) is 5.88. The Kier molecular flexibility index (Phi) is 3.66. The second kappa shape index (κ2) is 5.10. The van der Waals surface area contributed by atoms with Crippen LogP contribution in [0.15, 0.2) is 0 Å². The first-order chi connectivity index (χ1) is 9.93. The lowest BCUT2D eigenvalue weighted by atomic mass is 9.48. The van der Waals surface area contributed by atoms with Gasteiger partial charge in [0.2, 0.25) is 0 Å².